The lowest BCUT2D eigenvalue weighted by Gasteiger charge is -2.08. The summed E-state index contributed by atoms with van der Waals surface area (Å²) < 4.78 is 14.1. The van der Waals surface area contributed by atoms with Crippen molar-refractivity contribution in [3.8, 4) is 0 Å². The van der Waals surface area contributed by atoms with E-state index in [0.29, 0.717) is 20.7 Å². The average molecular weight is 344 g/mol. The Labute approximate surface area is 122 Å². The van der Waals surface area contributed by atoms with Crippen molar-refractivity contribution in [3.05, 3.63) is 57.3 Å². The summed E-state index contributed by atoms with van der Waals surface area (Å²) in [5.41, 5.74) is 6.54. The third kappa shape index (κ3) is 3.24. The number of carbonyl (C=O) groups is 1. The normalized spacial score (nSPS) is 10.3. The molecule has 3 N–H and O–H groups in total. The summed E-state index contributed by atoms with van der Waals surface area (Å²) in [6.07, 6.45) is 0. The molecule has 0 fully saturated rings. The molecular weight excluding hydrogens is 335 g/mol. The standard InChI is InChI=1S/C13H9BrClFN2O/c14-9-5-7(1-4-11(9)17)13(19)18-12-6-8(15)2-3-10(12)16/h1-6H,17H2,(H,18,19). The van der Waals surface area contributed by atoms with Gasteiger partial charge >= 0.3 is 0 Å². The first-order valence-electron chi connectivity index (χ1n) is 5.29. The number of halogens is 3. The number of anilines is 2. The SMILES string of the molecule is Nc1ccc(C(=O)Nc2cc(Cl)ccc2F)cc1Br. The zero-order valence-corrected chi connectivity index (χ0v) is 11.9. The summed E-state index contributed by atoms with van der Waals surface area (Å²) in [5.74, 6) is -0.992. The van der Waals surface area contributed by atoms with Gasteiger partial charge in [-0.05, 0) is 52.3 Å². The van der Waals surface area contributed by atoms with Gasteiger partial charge in [-0.15, -0.1) is 0 Å². The van der Waals surface area contributed by atoms with Crippen LogP contribution in [0.2, 0.25) is 5.02 Å². The zero-order valence-electron chi connectivity index (χ0n) is 9.58. The summed E-state index contributed by atoms with van der Waals surface area (Å²) in [6.45, 7) is 0. The molecule has 0 atom stereocenters. The van der Waals surface area contributed by atoms with Crippen molar-refractivity contribution in [2.24, 2.45) is 0 Å². The maximum Gasteiger partial charge on any atom is 0.255 e. The van der Waals surface area contributed by atoms with Crippen molar-refractivity contribution in [2.75, 3.05) is 11.1 Å². The first kappa shape index (κ1) is 13.8. The van der Waals surface area contributed by atoms with Gasteiger partial charge in [0.05, 0.1) is 5.69 Å². The largest absolute Gasteiger partial charge is 0.398 e. The van der Waals surface area contributed by atoms with Gasteiger partial charge in [0.15, 0.2) is 0 Å². The third-order valence-electron chi connectivity index (χ3n) is 2.44. The van der Waals surface area contributed by atoms with Gasteiger partial charge in [-0.3, -0.25) is 4.79 Å². The molecular formula is C13H9BrClFN2O. The molecule has 0 bridgehead atoms. The first-order chi connectivity index (χ1) is 8.97. The van der Waals surface area contributed by atoms with Crippen LogP contribution in [-0.4, -0.2) is 5.91 Å². The molecule has 19 heavy (non-hydrogen) atoms. The van der Waals surface area contributed by atoms with E-state index in [-0.39, 0.29) is 5.69 Å². The Balaban J connectivity index is 2.25. The van der Waals surface area contributed by atoms with Gasteiger partial charge in [0.2, 0.25) is 0 Å². The Bertz CT molecular complexity index is 649. The van der Waals surface area contributed by atoms with Crippen LogP contribution in [0.1, 0.15) is 10.4 Å². The average Bonchev–Trinajstić information content (AvgIpc) is 2.37. The van der Waals surface area contributed by atoms with Crippen LogP contribution in [0.5, 0.6) is 0 Å². The molecule has 0 unspecified atom stereocenters. The summed E-state index contributed by atoms with van der Waals surface area (Å²) in [6, 6.07) is 8.66. The van der Waals surface area contributed by atoms with Gasteiger partial charge < -0.3 is 11.1 Å². The van der Waals surface area contributed by atoms with E-state index in [2.05, 4.69) is 21.2 Å². The number of nitrogen functional groups attached to an aromatic ring is 1. The monoisotopic (exact) mass is 342 g/mol. The minimum Gasteiger partial charge on any atom is -0.398 e. The number of hydrogen-bond acceptors (Lipinski definition) is 2. The summed E-state index contributed by atoms with van der Waals surface area (Å²) in [4.78, 5) is 12.0. The highest BCUT2D eigenvalue weighted by molar-refractivity contribution is 9.10. The highest BCUT2D eigenvalue weighted by Crippen LogP contribution is 2.23. The highest BCUT2D eigenvalue weighted by atomic mass is 79.9. The Morgan fingerprint density at radius 2 is 2.00 bits per heavy atom. The second kappa shape index (κ2) is 5.59. The summed E-state index contributed by atoms with van der Waals surface area (Å²) in [5, 5.41) is 2.80. The van der Waals surface area contributed by atoms with Crippen LogP contribution >= 0.6 is 27.5 Å². The molecule has 0 aromatic heterocycles. The van der Waals surface area contributed by atoms with E-state index >= 15 is 0 Å². The number of rotatable bonds is 2. The fourth-order valence-electron chi connectivity index (χ4n) is 1.46. The van der Waals surface area contributed by atoms with Gasteiger partial charge in [-0.25, -0.2) is 4.39 Å². The summed E-state index contributed by atoms with van der Waals surface area (Å²) in [7, 11) is 0. The number of benzene rings is 2. The molecule has 1 amide bonds. The molecule has 0 heterocycles. The Morgan fingerprint density at radius 1 is 1.26 bits per heavy atom. The summed E-state index contributed by atoms with van der Waals surface area (Å²) >= 11 is 8.98. The molecule has 2 rings (SSSR count). The van der Waals surface area contributed by atoms with Gasteiger partial charge in [-0.1, -0.05) is 11.6 Å². The molecule has 0 spiro atoms. The molecule has 98 valence electrons. The smallest absolute Gasteiger partial charge is 0.255 e. The Kier molecular flexibility index (Phi) is 4.07. The molecule has 0 saturated carbocycles. The minimum absolute atomic E-state index is 0.0328. The van der Waals surface area contributed by atoms with Crippen LogP contribution < -0.4 is 11.1 Å². The van der Waals surface area contributed by atoms with Crippen molar-refractivity contribution in [1.29, 1.82) is 0 Å². The lowest BCUT2D eigenvalue weighted by atomic mass is 10.2. The van der Waals surface area contributed by atoms with Crippen LogP contribution in [0.15, 0.2) is 40.9 Å². The third-order valence-corrected chi connectivity index (χ3v) is 3.36. The molecule has 0 aliphatic rings. The Hall–Kier alpha value is -1.59. The van der Waals surface area contributed by atoms with Crippen LogP contribution in [0.25, 0.3) is 0 Å². The number of nitrogens with one attached hydrogen (secondary N) is 1. The van der Waals surface area contributed by atoms with Crippen molar-refractivity contribution in [2.45, 2.75) is 0 Å². The molecule has 2 aromatic rings. The first-order valence-corrected chi connectivity index (χ1v) is 6.46. The molecule has 0 aliphatic heterocycles. The lowest BCUT2D eigenvalue weighted by Crippen LogP contribution is -2.13. The quantitative estimate of drug-likeness (QED) is 0.807. The fourth-order valence-corrected chi connectivity index (χ4v) is 2.01. The molecule has 0 aliphatic carbocycles. The van der Waals surface area contributed by atoms with E-state index in [1.807, 2.05) is 0 Å². The van der Waals surface area contributed by atoms with E-state index < -0.39 is 11.7 Å². The van der Waals surface area contributed by atoms with E-state index in [0.717, 1.165) is 0 Å². The van der Waals surface area contributed by atoms with Crippen LogP contribution in [-0.2, 0) is 0 Å². The zero-order chi connectivity index (χ0) is 14.0. The van der Waals surface area contributed by atoms with Crippen molar-refractivity contribution in [3.63, 3.8) is 0 Å². The van der Waals surface area contributed by atoms with E-state index in [9.17, 15) is 9.18 Å². The number of hydrogen-bond donors (Lipinski definition) is 2. The van der Waals surface area contributed by atoms with Gasteiger partial charge in [0, 0.05) is 20.7 Å². The van der Waals surface area contributed by atoms with Crippen molar-refractivity contribution in [1.82, 2.24) is 0 Å². The fraction of sp³-hybridized carbons (Fsp3) is 0. The topological polar surface area (TPSA) is 55.1 Å². The second-order valence-corrected chi connectivity index (χ2v) is 5.11. The van der Waals surface area contributed by atoms with Crippen molar-refractivity contribution >= 4 is 44.8 Å². The molecule has 6 heteroatoms. The minimum atomic E-state index is -0.549. The number of amides is 1. The maximum absolute atomic E-state index is 13.5. The van der Waals surface area contributed by atoms with Crippen LogP contribution in [0.4, 0.5) is 15.8 Å². The number of nitrogens with two attached hydrogens (primary N) is 1. The molecule has 3 nitrogen and oxygen atoms in total. The molecule has 0 radical (unpaired) electrons. The Morgan fingerprint density at radius 3 is 2.68 bits per heavy atom. The van der Waals surface area contributed by atoms with Gasteiger partial charge in [0.25, 0.3) is 5.91 Å². The van der Waals surface area contributed by atoms with Crippen molar-refractivity contribution < 1.29 is 9.18 Å². The number of carbonyl (C=O) groups excluding carboxylic acids is 1. The molecule has 2 aromatic carbocycles. The van der Waals surface area contributed by atoms with E-state index in [1.165, 1.54) is 18.2 Å². The van der Waals surface area contributed by atoms with Crippen LogP contribution in [0, 0.1) is 5.82 Å². The predicted octanol–water partition coefficient (Wildman–Crippen LogP) is 4.08. The van der Waals surface area contributed by atoms with E-state index in [4.69, 9.17) is 17.3 Å². The predicted molar refractivity (Wildman–Crippen MR) is 77.9 cm³/mol. The van der Waals surface area contributed by atoms with Gasteiger partial charge in [0.1, 0.15) is 5.82 Å². The molecule has 0 saturated heterocycles. The van der Waals surface area contributed by atoms with Gasteiger partial charge in [-0.2, -0.15) is 0 Å². The highest BCUT2D eigenvalue weighted by Gasteiger charge is 2.11. The maximum atomic E-state index is 13.5. The van der Waals surface area contributed by atoms with E-state index in [1.54, 1.807) is 18.2 Å². The second-order valence-electron chi connectivity index (χ2n) is 3.81. The lowest BCUT2D eigenvalue weighted by molar-refractivity contribution is 0.102. The van der Waals surface area contributed by atoms with Crippen LogP contribution in [0.3, 0.4) is 0 Å².